The Bertz CT molecular complexity index is 450. The Labute approximate surface area is 91.0 Å². The van der Waals surface area contributed by atoms with Crippen LogP contribution in [-0.4, -0.2) is 16.1 Å². The van der Waals surface area contributed by atoms with Gasteiger partial charge in [-0.1, -0.05) is 6.08 Å². The minimum absolute atomic E-state index is 0.549. The van der Waals surface area contributed by atoms with Gasteiger partial charge >= 0.3 is 5.97 Å². The van der Waals surface area contributed by atoms with Crippen molar-refractivity contribution in [1.82, 2.24) is 10.3 Å². The van der Waals surface area contributed by atoms with E-state index < -0.39 is 11.5 Å². The number of carbonyl (C=O) groups is 1. The molecule has 2 heterocycles. The molecule has 1 aromatic heterocycles. The summed E-state index contributed by atoms with van der Waals surface area (Å²) in [5.41, 5.74) is -1.20. The van der Waals surface area contributed by atoms with Crippen molar-refractivity contribution in [3.8, 4) is 0 Å². The summed E-state index contributed by atoms with van der Waals surface area (Å²) in [5, 5.41) is 12.7. The van der Waals surface area contributed by atoms with Crippen molar-refractivity contribution in [2.24, 2.45) is 0 Å². The first kappa shape index (κ1) is 9.92. The van der Waals surface area contributed by atoms with Crippen LogP contribution in [0.3, 0.4) is 0 Å². The Morgan fingerprint density at radius 3 is 2.87 bits per heavy atom. The SMILES string of the molecule is Cc1cnc(C2(C(=O)O)C=CC=CN2)s1. The van der Waals surface area contributed by atoms with Crippen molar-refractivity contribution < 1.29 is 9.90 Å². The normalized spacial score (nSPS) is 23.8. The quantitative estimate of drug-likeness (QED) is 0.794. The number of carboxylic acids is 1. The van der Waals surface area contributed by atoms with Crippen molar-refractivity contribution >= 4 is 17.3 Å². The van der Waals surface area contributed by atoms with E-state index in [4.69, 9.17) is 0 Å². The van der Waals surface area contributed by atoms with Crippen LogP contribution in [0, 0.1) is 6.92 Å². The number of hydrogen-bond donors (Lipinski definition) is 2. The molecule has 0 bridgehead atoms. The summed E-state index contributed by atoms with van der Waals surface area (Å²) in [6.07, 6.45) is 8.36. The van der Waals surface area contributed by atoms with Crippen LogP contribution >= 0.6 is 11.3 Å². The van der Waals surface area contributed by atoms with E-state index in [1.807, 2.05) is 6.92 Å². The van der Waals surface area contributed by atoms with Crippen LogP contribution in [0.1, 0.15) is 9.88 Å². The fourth-order valence-corrected chi connectivity index (χ4v) is 2.27. The van der Waals surface area contributed by atoms with E-state index in [0.29, 0.717) is 5.01 Å². The number of aromatic nitrogens is 1. The van der Waals surface area contributed by atoms with E-state index in [2.05, 4.69) is 10.3 Å². The van der Waals surface area contributed by atoms with Crippen molar-refractivity contribution in [3.05, 3.63) is 40.5 Å². The number of nitrogens with zero attached hydrogens (tertiary/aromatic N) is 1. The number of aliphatic carboxylic acids is 1. The highest BCUT2D eigenvalue weighted by Gasteiger charge is 2.40. The second-order valence-corrected chi connectivity index (χ2v) is 4.49. The lowest BCUT2D eigenvalue weighted by Crippen LogP contribution is -2.45. The van der Waals surface area contributed by atoms with Gasteiger partial charge in [-0.05, 0) is 25.3 Å². The lowest BCUT2D eigenvalue weighted by Gasteiger charge is -2.25. The van der Waals surface area contributed by atoms with Crippen LogP contribution in [0.2, 0.25) is 0 Å². The number of thiazole rings is 1. The van der Waals surface area contributed by atoms with Crippen LogP contribution in [0.5, 0.6) is 0 Å². The largest absolute Gasteiger partial charge is 0.479 e. The zero-order valence-corrected chi connectivity index (χ0v) is 8.91. The first-order valence-electron chi connectivity index (χ1n) is 4.43. The monoisotopic (exact) mass is 222 g/mol. The number of carboxylic acid groups (broad SMARTS) is 1. The second-order valence-electron chi connectivity index (χ2n) is 3.25. The smallest absolute Gasteiger partial charge is 0.340 e. The molecule has 1 atom stereocenters. The molecule has 2 rings (SSSR count). The molecule has 0 aliphatic carbocycles. The fraction of sp³-hybridized carbons (Fsp3) is 0.200. The summed E-state index contributed by atoms with van der Waals surface area (Å²) in [7, 11) is 0. The van der Waals surface area contributed by atoms with Gasteiger partial charge in [0, 0.05) is 11.1 Å². The standard InChI is InChI=1S/C10H10N2O2S/c1-7-6-11-8(15-7)10(9(13)14)4-2-3-5-12-10/h2-6,12H,1H3,(H,13,14). The molecule has 1 aliphatic heterocycles. The van der Waals surface area contributed by atoms with Gasteiger partial charge in [-0.2, -0.15) is 0 Å². The molecule has 4 nitrogen and oxygen atoms in total. The van der Waals surface area contributed by atoms with E-state index in [-0.39, 0.29) is 0 Å². The van der Waals surface area contributed by atoms with Gasteiger partial charge in [0.25, 0.3) is 0 Å². The molecule has 5 heteroatoms. The number of hydrogen-bond acceptors (Lipinski definition) is 4. The minimum Gasteiger partial charge on any atom is -0.479 e. The molecular formula is C10H10N2O2S. The molecule has 15 heavy (non-hydrogen) atoms. The van der Waals surface area contributed by atoms with Crippen LogP contribution in [-0.2, 0) is 10.3 Å². The highest BCUT2D eigenvalue weighted by atomic mass is 32.1. The molecule has 1 aromatic rings. The van der Waals surface area contributed by atoms with Crippen LogP contribution in [0.15, 0.2) is 30.6 Å². The number of aryl methyl sites for hydroxylation is 1. The first-order valence-corrected chi connectivity index (χ1v) is 5.25. The molecule has 1 aliphatic rings. The lowest BCUT2D eigenvalue weighted by molar-refractivity contribution is -0.142. The molecule has 0 aromatic carbocycles. The number of allylic oxidation sites excluding steroid dienone is 2. The third-order valence-electron chi connectivity index (χ3n) is 2.16. The van der Waals surface area contributed by atoms with Crippen molar-refractivity contribution in [2.75, 3.05) is 0 Å². The Kier molecular flexibility index (Phi) is 2.32. The predicted octanol–water partition coefficient (Wildman–Crippen LogP) is 1.40. The van der Waals surface area contributed by atoms with E-state index in [1.54, 1.807) is 30.6 Å². The van der Waals surface area contributed by atoms with Gasteiger partial charge in [-0.25, -0.2) is 9.78 Å². The molecule has 0 fully saturated rings. The summed E-state index contributed by atoms with van der Waals surface area (Å²) >= 11 is 1.38. The molecule has 1 unspecified atom stereocenters. The average molecular weight is 222 g/mol. The molecule has 0 radical (unpaired) electrons. The average Bonchev–Trinajstić information content (AvgIpc) is 2.66. The molecular weight excluding hydrogens is 212 g/mol. The zero-order valence-electron chi connectivity index (χ0n) is 8.10. The molecule has 0 saturated heterocycles. The Morgan fingerprint density at radius 2 is 2.40 bits per heavy atom. The molecule has 0 spiro atoms. The van der Waals surface area contributed by atoms with Crippen molar-refractivity contribution in [2.45, 2.75) is 12.5 Å². The number of nitrogens with one attached hydrogen (secondary N) is 1. The summed E-state index contributed by atoms with van der Waals surface area (Å²) in [5.74, 6) is -0.947. The topological polar surface area (TPSA) is 62.2 Å². The maximum absolute atomic E-state index is 11.3. The minimum atomic E-state index is -1.20. The van der Waals surface area contributed by atoms with Gasteiger partial charge in [0.2, 0.25) is 5.54 Å². The highest BCUT2D eigenvalue weighted by Crippen LogP contribution is 2.29. The van der Waals surface area contributed by atoms with E-state index in [9.17, 15) is 9.90 Å². The van der Waals surface area contributed by atoms with Gasteiger partial charge in [-0.3, -0.25) is 0 Å². The maximum atomic E-state index is 11.3. The van der Waals surface area contributed by atoms with Gasteiger partial charge in [0.1, 0.15) is 5.01 Å². The van der Waals surface area contributed by atoms with Gasteiger partial charge in [-0.15, -0.1) is 11.3 Å². The predicted molar refractivity (Wildman–Crippen MR) is 57.6 cm³/mol. The second kappa shape index (κ2) is 3.51. The number of rotatable bonds is 2. The Morgan fingerprint density at radius 1 is 1.60 bits per heavy atom. The van der Waals surface area contributed by atoms with E-state index in [0.717, 1.165) is 4.88 Å². The fourth-order valence-electron chi connectivity index (χ4n) is 1.38. The summed E-state index contributed by atoms with van der Waals surface area (Å²) in [6.45, 7) is 1.90. The van der Waals surface area contributed by atoms with E-state index in [1.165, 1.54) is 11.3 Å². The highest BCUT2D eigenvalue weighted by molar-refractivity contribution is 7.11. The molecule has 0 amide bonds. The Hall–Kier alpha value is -1.62. The van der Waals surface area contributed by atoms with Gasteiger partial charge in [0.05, 0.1) is 0 Å². The third kappa shape index (κ3) is 1.55. The van der Waals surface area contributed by atoms with Crippen molar-refractivity contribution in [3.63, 3.8) is 0 Å². The lowest BCUT2D eigenvalue weighted by atomic mass is 9.98. The van der Waals surface area contributed by atoms with Gasteiger partial charge < -0.3 is 10.4 Å². The van der Waals surface area contributed by atoms with Crippen LogP contribution in [0.4, 0.5) is 0 Å². The molecule has 2 N–H and O–H groups in total. The third-order valence-corrected chi connectivity index (χ3v) is 3.21. The zero-order chi connectivity index (χ0) is 10.9. The Balaban J connectivity index is 2.48. The van der Waals surface area contributed by atoms with Crippen molar-refractivity contribution in [1.29, 1.82) is 0 Å². The van der Waals surface area contributed by atoms with Crippen LogP contribution in [0.25, 0.3) is 0 Å². The summed E-state index contributed by atoms with van der Waals surface area (Å²) in [4.78, 5) is 16.4. The number of dihydropyridines is 1. The van der Waals surface area contributed by atoms with Crippen LogP contribution < -0.4 is 5.32 Å². The first-order chi connectivity index (χ1) is 7.15. The molecule has 0 saturated carbocycles. The summed E-state index contributed by atoms with van der Waals surface area (Å²) < 4.78 is 0. The maximum Gasteiger partial charge on any atom is 0.340 e. The van der Waals surface area contributed by atoms with E-state index >= 15 is 0 Å². The molecule has 78 valence electrons. The summed E-state index contributed by atoms with van der Waals surface area (Å²) in [6, 6.07) is 0. The van der Waals surface area contributed by atoms with Gasteiger partial charge in [0.15, 0.2) is 0 Å².